The quantitative estimate of drug-likeness (QED) is 0.451. The molecule has 1 atom stereocenters. The molecule has 3 aromatic carbocycles. The smallest absolute Gasteiger partial charge is 0.338 e. The van der Waals surface area contributed by atoms with E-state index in [0.29, 0.717) is 40.5 Å². The van der Waals surface area contributed by atoms with Gasteiger partial charge in [0.2, 0.25) is 0 Å². The van der Waals surface area contributed by atoms with Crippen LogP contribution in [0.25, 0.3) is 5.70 Å². The molecule has 35 heavy (non-hydrogen) atoms. The number of esters is 1. The number of ether oxygens (including phenoxy) is 3. The van der Waals surface area contributed by atoms with E-state index in [0.717, 1.165) is 5.56 Å². The maximum Gasteiger partial charge on any atom is 0.338 e. The molecular weight excluding hydrogens is 444 g/mol. The summed E-state index contributed by atoms with van der Waals surface area (Å²) in [5, 5.41) is 5.65. The number of hydrogen-bond donors (Lipinski definition) is 2. The molecule has 1 aliphatic rings. The van der Waals surface area contributed by atoms with Crippen molar-refractivity contribution in [1.82, 2.24) is 10.6 Å². The maximum absolute atomic E-state index is 13.2. The van der Waals surface area contributed by atoms with Gasteiger partial charge in [0.15, 0.2) is 11.5 Å². The summed E-state index contributed by atoms with van der Waals surface area (Å²) in [6.07, 6.45) is -0.325. The third-order valence-corrected chi connectivity index (χ3v) is 5.46. The number of carbonyl (C=O) groups is 2. The van der Waals surface area contributed by atoms with E-state index in [1.54, 1.807) is 33.1 Å². The molecule has 0 saturated carbocycles. The number of benzene rings is 3. The molecule has 1 unspecified atom stereocenters. The van der Waals surface area contributed by atoms with Crippen LogP contribution in [0.2, 0.25) is 0 Å². The van der Waals surface area contributed by atoms with Crippen LogP contribution in [0.3, 0.4) is 0 Å². The summed E-state index contributed by atoms with van der Waals surface area (Å²) in [6.45, 7) is 3.95. The Morgan fingerprint density at radius 2 is 1.63 bits per heavy atom. The molecule has 7 nitrogen and oxygen atoms in total. The minimum atomic E-state index is -0.748. The SMILES string of the molecule is COc1cc(C2NC(=O)NC(c3ccccc3)=C2C(=O)OC(C)C)ccc1OCc1ccccc1. The summed E-state index contributed by atoms with van der Waals surface area (Å²) in [7, 11) is 1.55. The monoisotopic (exact) mass is 472 g/mol. The Morgan fingerprint density at radius 3 is 2.29 bits per heavy atom. The van der Waals surface area contributed by atoms with Crippen molar-refractivity contribution in [3.8, 4) is 11.5 Å². The molecule has 1 aliphatic heterocycles. The normalized spacial score (nSPS) is 15.3. The summed E-state index contributed by atoms with van der Waals surface area (Å²) < 4.78 is 17.1. The lowest BCUT2D eigenvalue weighted by Crippen LogP contribution is -2.45. The Labute approximate surface area is 204 Å². The van der Waals surface area contributed by atoms with Crippen molar-refractivity contribution in [2.75, 3.05) is 7.11 Å². The lowest BCUT2D eigenvalue weighted by Gasteiger charge is -2.30. The second-order valence-corrected chi connectivity index (χ2v) is 8.32. The standard InChI is InChI=1S/C28H28N2O5/c1-18(2)35-27(31)24-25(20-12-8-5-9-13-20)29-28(32)30-26(24)21-14-15-22(23(16-21)33-3)34-17-19-10-6-4-7-11-19/h4-16,18,26H,17H2,1-3H3,(H2,29,30,32). The van der Waals surface area contributed by atoms with E-state index in [4.69, 9.17) is 14.2 Å². The molecular formula is C28H28N2O5. The van der Waals surface area contributed by atoms with Gasteiger partial charge in [-0.2, -0.15) is 0 Å². The van der Waals surface area contributed by atoms with E-state index in [1.165, 1.54) is 0 Å². The largest absolute Gasteiger partial charge is 0.493 e. The topological polar surface area (TPSA) is 85.9 Å². The van der Waals surface area contributed by atoms with Crippen LogP contribution in [-0.2, 0) is 16.1 Å². The van der Waals surface area contributed by atoms with Gasteiger partial charge in [-0.05, 0) is 42.7 Å². The predicted molar refractivity (Wildman–Crippen MR) is 133 cm³/mol. The average molecular weight is 473 g/mol. The highest BCUT2D eigenvalue weighted by molar-refractivity contribution is 6.04. The first kappa shape index (κ1) is 23.9. The molecule has 0 aliphatic carbocycles. The summed E-state index contributed by atoms with van der Waals surface area (Å²) in [5.41, 5.74) is 3.11. The lowest BCUT2D eigenvalue weighted by atomic mass is 9.92. The van der Waals surface area contributed by atoms with Gasteiger partial charge in [0.05, 0.1) is 30.5 Å². The van der Waals surface area contributed by atoms with Crippen LogP contribution in [0.1, 0.15) is 36.6 Å². The van der Waals surface area contributed by atoms with Crippen molar-refractivity contribution in [3.05, 3.63) is 101 Å². The molecule has 0 aromatic heterocycles. The lowest BCUT2D eigenvalue weighted by molar-refractivity contribution is -0.143. The van der Waals surface area contributed by atoms with Gasteiger partial charge in [0, 0.05) is 0 Å². The molecule has 0 bridgehead atoms. The van der Waals surface area contributed by atoms with Crippen LogP contribution in [0, 0.1) is 0 Å². The van der Waals surface area contributed by atoms with Crippen LogP contribution < -0.4 is 20.1 Å². The first-order chi connectivity index (χ1) is 17.0. The van der Waals surface area contributed by atoms with Gasteiger partial charge in [-0.3, -0.25) is 0 Å². The van der Waals surface area contributed by atoms with Crippen LogP contribution in [0.5, 0.6) is 11.5 Å². The van der Waals surface area contributed by atoms with Gasteiger partial charge < -0.3 is 24.8 Å². The molecule has 3 aromatic rings. The number of carbonyl (C=O) groups excluding carboxylic acids is 2. The maximum atomic E-state index is 13.2. The van der Waals surface area contributed by atoms with Crippen molar-refractivity contribution in [2.24, 2.45) is 0 Å². The Hall–Kier alpha value is -4.26. The van der Waals surface area contributed by atoms with E-state index >= 15 is 0 Å². The number of methoxy groups -OCH3 is 1. The van der Waals surface area contributed by atoms with Crippen LogP contribution in [0.15, 0.2) is 84.4 Å². The highest BCUT2D eigenvalue weighted by Crippen LogP contribution is 2.37. The van der Waals surface area contributed by atoms with Gasteiger partial charge in [-0.15, -0.1) is 0 Å². The van der Waals surface area contributed by atoms with Crippen molar-refractivity contribution < 1.29 is 23.8 Å². The fourth-order valence-electron chi connectivity index (χ4n) is 3.86. The first-order valence-corrected chi connectivity index (χ1v) is 11.4. The number of nitrogens with one attached hydrogen (secondary N) is 2. The fraction of sp³-hybridized carbons (Fsp3) is 0.214. The zero-order chi connectivity index (χ0) is 24.8. The highest BCUT2D eigenvalue weighted by atomic mass is 16.5. The zero-order valence-electron chi connectivity index (χ0n) is 19.9. The molecule has 180 valence electrons. The first-order valence-electron chi connectivity index (χ1n) is 11.4. The zero-order valence-corrected chi connectivity index (χ0v) is 19.9. The van der Waals surface area contributed by atoms with Gasteiger partial charge in [0.25, 0.3) is 0 Å². The van der Waals surface area contributed by atoms with Crippen molar-refractivity contribution in [1.29, 1.82) is 0 Å². The Kier molecular flexibility index (Phi) is 7.35. The molecule has 0 fully saturated rings. The third-order valence-electron chi connectivity index (χ3n) is 5.46. The highest BCUT2D eigenvalue weighted by Gasteiger charge is 2.35. The van der Waals surface area contributed by atoms with Gasteiger partial charge in [-0.1, -0.05) is 66.7 Å². The molecule has 1 heterocycles. The van der Waals surface area contributed by atoms with E-state index in [9.17, 15) is 9.59 Å². The number of amides is 2. The van der Waals surface area contributed by atoms with E-state index in [-0.39, 0.29) is 6.10 Å². The van der Waals surface area contributed by atoms with Crippen LogP contribution >= 0.6 is 0 Å². The van der Waals surface area contributed by atoms with Crippen molar-refractivity contribution in [2.45, 2.75) is 32.6 Å². The van der Waals surface area contributed by atoms with E-state index in [2.05, 4.69) is 10.6 Å². The average Bonchev–Trinajstić information content (AvgIpc) is 2.87. The van der Waals surface area contributed by atoms with Crippen molar-refractivity contribution in [3.63, 3.8) is 0 Å². The Morgan fingerprint density at radius 1 is 0.943 bits per heavy atom. The number of rotatable bonds is 8. The number of hydrogen-bond acceptors (Lipinski definition) is 5. The second kappa shape index (κ2) is 10.8. The third kappa shape index (κ3) is 5.63. The summed E-state index contributed by atoms with van der Waals surface area (Å²) >= 11 is 0. The molecule has 7 heteroatoms. The Bertz CT molecular complexity index is 1220. The summed E-state index contributed by atoms with van der Waals surface area (Å²) in [4.78, 5) is 25.9. The molecule has 2 amide bonds. The van der Waals surface area contributed by atoms with Gasteiger partial charge in [-0.25, -0.2) is 9.59 Å². The minimum Gasteiger partial charge on any atom is -0.493 e. The van der Waals surface area contributed by atoms with Crippen molar-refractivity contribution >= 4 is 17.7 Å². The minimum absolute atomic E-state index is 0.310. The molecule has 0 saturated heterocycles. The summed E-state index contributed by atoms with van der Waals surface area (Å²) in [5.74, 6) is 0.530. The number of urea groups is 1. The predicted octanol–water partition coefficient (Wildman–Crippen LogP) is 4.99. The fourth-order valence-corrected chi connectivity index (χ4v) is 3.86. The van der Waals surface area contributed by atoms with Gasteiger partial charge in [0.1, 0.15) is 6.61 Å². The summed E-state index contributed by atoms with van der Waals surface area (Å²) in [6, 6.07) is 23.2. The van der Waals surface area contributed by atoms with Gasteiger partial charge >= 0.3 is 12.0 Å². The molecule has 0 spiro atoms. The van der Waals surface area contributed by atoms with Crippen LogP contribution in [0.4, 0.5) is 4.79 Å². The molecule has 2 N–H and O–H groups in total. The van der Waals surface area contributed by atoms with E-state index < -0.39 is 18.0 Å². The van der Waals surface area contributed by atoms with Crippen LogP contribution in [-0.4, -0.2) is 25.2 Å². The molecule has 0 radical (unpaired) electrons. The van der Waals surface area contributed by atoms with E-state index in [1.807, 2.05) is 66.7 Å². The molecule has 4 rings (SSSR count). The second-order valence-electron chi connectivity index (χ2n) is 8.32. The Balaban J connectivity index is 1.72.